The third-order valence-corrected chi connectivity index (χ3v) is 5.79. The number of nitro groups is 1. The minimum Gasteiger partial charge on any atom is -0.458 e. The van der Waals surface area contributed by atoms with E-state index in [1.165, 1.54) is 18.2 Å². The Morgan fingerprint density at radius 2 is 1.55 bits per heavy atom. The summed E-state index contributed by atoms with van der Waals surface area (Å²) in [7, 11) is 0. The van der Waals surface area contributed by atoms with Crippen LogP contribution in [0.25, 0.3) is 6.08 Å². The molecular weight excluding hydrogens is 484 g/mol. The van der Waals surface area contributed by atoms with Gasteiger partial charge in [0.2, 0.25) is 0 Å². The van der Waals surface area contributed by atoms with Crippen LogP contribution in [0.4, 0.5) is 5.69 Å². The summed E-state index contributed by atoms with van der Waals surface area (Å²) in [5.41, 5.74) is 2.55. The van der Waals surface area contributed by atoms with Crippen LogP contribution in [0, 0.1) is 10.1 Å². The zero-order valence-corrected chi connectivity index (χ0v) is 21.5. The lowest BCUT2D eigenvalue weighted by atomic mass is 9.80. The van der Waals surface area contributed by atoms with Gasteiger partial charge in [-0.2, -0.15) is 0 Å². The Balaban J connectivity index is 1.93. The first kappa shape index (κ1) is 27.9. The average molecular weight is 515 g/mol. The van der Waals surface area contributed by atoms with Crippen molar-refractivity contribution in [2.45, 2.75) is 26.7 Å². The van der Waals surface area contributed by atoms with Gasteiger partial charge < -0.3 is 14.8 Å². The molecule has 38 heavy (non-hydrogen) atoms. The largest absolute Gasteiger partial charge is 0.458 e. The zero-order chi connectivity index (χ0) is 27.5. The molecule has 0 spiro atoms. The molecule has 3 rings (SSSR count). The molecule has 2 aromatic carbocycles. The number of nitrogens with one attached hydrogen (secondary N) is 1. The second kappa shape index (κ2) is 13.5. The quantitative estimate of drug-likeness (QED) is 0.186. The highest BCUT2D eigenvalue weighted by Gasteiger charge is 2.38. The van der Waals surface area contributed by atoms with Crippen LogP contribution in [-0.4, -0.2) is 30.1 Å². The van der Waals surface area contributed by atoms with Crippen LogP contribution in [0.5, 0.6) is 0 Å². The maximum atomic E-state index is 13.3. The van der Waals surface area contributed by atoms with Gasteiger partial charge in [0.05, 0.1) is 22.0 Å². The molecule has 0 saturated carbocycles. The van der Waals surface area contributed by atoms with Crippen molar-refractivity contribution in [1.82, 2.24) is 5.32 Å². The molecule has 0 radical (unpaired) electrons. The van der Waals surface area contributed by atoms with Crippen molar-refractivity contribution in [2.75, 3.05) is 13.2 Å². The summed E-state index contributed by atoms with van der Waals surface area (Å²) >= 11 is 0. The summed E-state index contributed by atoms with van der Waals surface area (Å²) < 4.78 is 11.0. The molecule has 1 N–H and O–H groups in total. The minimum atomic E-state index is -0.922. The Morgan fingerprint density at radius 3 is 2.16 bits per heavy atom. The van der Waals surface area contributed by atoms with Gasteiger partial charge in [-0.05, 0) is 44.1 Å². The molecule has 1 heterocycles. The van der Waals surface area contributed by atoms with E-state index in [0.29, 0.717) is 17.0 Å². The van der Waals surface area contributed by atoms with Gasteiger partial charge in [-0.3, -0.25) is 10.1 Å². The van der Waals surface area contributed by atoms with Crippen LogP contribution in [0.15, 0.2) is 108 Å². The van der Waals surface area contributed by atoms with E-state index in [1.54, 1.807) is 44.2 Å². The number of non-ortho nitro benzene ring substituents is 1. The zero-order valence-electron chi connectivity index (χ0n) is 21.5. The number of hydrogen-bond donors (Lipinski definition) is 1. The Labute approximate surface area is 221 Å². The van der Waals surface area contributed by atoms with Crippen molar-refractivity contribution >= 4 is 23.7 Å². The summed E-state index contributed by atoms with van der Waals surface area (Å²) in [4.78, 5) is 37.6. The Morgan fingerprint density at radius 1 is 0.921 bits per heavy atom. The monoisotopic (exact) mass is 514 g/mol. The van der Waals surface area contributed by atoms with E-state index in [-0.39, 0.29) is 30.0 Å². The Hall–Kier alpha value is -4.72. The molecule has 0 saturated heterocycles. The SMILES string of the molecule is CC=CC=CCOC(=O)C1=C(C)NC(C)=C(C(=O)OCC=Cc2ccccc2)C1c1cccc([N+](=O)[O-])c1. The van der Waals surface area contributed by atoms with Crippen LogP contribution in [0.2, 0.25) is 0 Å². The number of dihydropyridines is 1. The standard InChI is InChI=1S/C30H30N2O6/c1-4-5-6-10-18-37-29(33)26-21(2)31-22(3)27(28(26)24-16-11-17-25(20-24)32(35)36)30(34)38-19-12-15-23-13-8-7-9-14-23/h4-17,20,28,31H,18-19H2,1-3H3. The van der Waals surface area contributed by atoms with Crippen LogP contribution < -0.4 is 5.32 Å². The predicted octanol–water partition coefficient (Wildman–Crippen LogP) is 5.76. The molecule has 0 aromatic heterocycles. The van der Waals surface area contributed by atoms with Gasteiger partial charge in [0.25, 0.3) is 5.69 Å². The van der Waals surface area contributed by atoms with Crippen LogP contribution in [-0.2, 0) is 19.1 Å². The molecule has 8 heteroatoms. The third-order valence-electron chi connectivity index (χ3n) is 5.79. The lowest BCUT2D eigenvalue weighted by Gasteiger charge is -2.30. The van der Waals surface area contributed by atoms with Crippen LogP contribution >= 0.6 is 0 Å². The fraction of sp³-hybridized carbons (Fsp3) is 0.200. The maximum absolute atomic E-state index is 13.3. The average Bonchev–Trinajstić information content (AvgIpc) is 2.91. The van der Waals surface area contributed by atoms with Crippen LogP contribution in [0.1, 0.15) is 37.8 Å². The summed E-state index contributed by atoms with van der Waals surface area (Å²) in [5, 5.41) is 14.6. The number of carbonyl (C=O) groups excluding carboxylic acids is 2. The highest BCUT2D eigenvalue weighted by atomic mass is 16.6. The minimum absolute atomic E-state index is 0.00435. The lowest BCUT2D eigenvalue weighted by Crippen LogP contribution is -2.32. The van der Waals surface area contributed by atoms with Gasteiger partial charge in [-0.25, -0.2) is 9.59 Å². The topological polar surface area (TPSA) is 108 Å². The summed E-state index contributed by atoms with van der Waals surface area (Å²) in [6.07, 6.45) is 10.6. The number of esters is 2. The van der Waals surface area contributed by atoms with Crippen molar-refractivity contribution in [2.24, 2.45) is 0 Å². The van der Waals surface area contributed by atoms with Crippen molar-refractivity contribution < 1.29 is 24.0 Å². The molecule has 1 atom stereocenters. The fourth-order valence-electron chi connectivity index (χ4n) is 4.08. The summed E-state index contributed by atoms with van der Waals surface area (Å²) in [6.45, 7) is 5.30. The molecule has 1 aliphatic rings. The normalized spacial score (nSPS) is 15.8. The molecule has 0 bridgehead atoms. The van der Waals surface area contributed by atoms with Crippen molar-refractivity contribution in [3.8, 4) is 0 Å². The first-order valence-electron chi connectivity index (χ1n) is 12.1. The number of allylic oxidation sites excluding steroid dienone is 5. The molecule has 0 fully saturated rings. The molecule has 1 aliphatic heterocycles. The fourth-order valence-corrected chi connectivity index (χ4v) is 4.08. The van der Waals surface area contributed by atoms with E-state index in [9.17, 15) is 19.7 Å². The second-order valence-electron chi connectivity index (χ2n) is 8.45. The molecule has 196 valence electrons. The summed E-state index contributed by atoms with van der Waals surface area (Å²) in [5.74, 6) is -2.21. The van der Waals surface area contributed by atoms with E-state index in [4.69, 9.17) is 9.47 Å². The van der Waals surface area contributed by atoms with E-state index in [0.717, 1.165) is 5.56 Å². The van der Waals surface area contributed by atoms with Gasteiger partial charge >= 0.3 is 11.9 Å². The number of nitro benzene ring substituents is 1. The highest BCUT2D eigenvalue weighted by molar-refractivity contribution is 6.00. The van der Waals surface area contributed by atoms with Crippen molar-refractivity contribution in [3.63, 3.8) is 0 Å². The van der Waals surface area contributed by atoms with E-state index >= 15 is 0 Å². The molecular formula is C30H30N2O6. The smallest absolute Gasteiger partial charge is 0.337 e. The number of hydrogen-bond acceptors (Lipinski definition) is 7. The number of benzene rings is 2. The molecule has 2 aromatic rings. The molecule has 1 unspecified atom stereocenters. The first-order chi connectivity index (χ1) is 18.3. The van der Waals surface area contributed by atoms with Gasteiger partial charge in [-0.1, -0.05) is 66.8 Å². The van der Waals surface area contributed by atoms with Gasteiger partial charge in [-0.15, -0.1) is 0 Å². The van der Waals surface area contributed by atoms with Gasteiger partial charge in [0, 0.05) is 23.5 Å². The Bertz CT molecular complexity index is 1340. The maximum Gasteiger partial charge on any atom is 0.337 e. The number of ether oxygens (including phenoxy) is 2. The van der Waals surface area contributed by atoms with Crippen LogP contribution in [0.3, 0.4) is 0 Å². The number of nitrogens with zero attached hydrogens (tertiary/aromatic N) is 1. The first-order valence-corrected chi connectivity index (χ1v) is 12.1. The van der Waals surface area contributed by atoms with E-state index in [1.807, 2.05) is 49.4 Å². The number of carbonyl (C=O) groups is 2. The molecule has 0 aliphatic carbocycles. The summed E-state index contributed by atoms with van der Waals surface area (Å²) in [6, 6.07) is 15.5. The highest BCUT2D eigenvalue weighted by Crippen LogP contribution is 2.40. The Kier molecular flexibility index (Phi) is 9.93. The van der Waals surface area contributed by atoms with Crippen molar-refractivity contribution in [3.05, 3.63) is 129 Å². The van der Waals surface area contributed by atoms with Gasteiger partial charge in [0.15, 0.2) is 0 Å². The molecule has 0 amide bonds. The van der Waals surface area contributed by atoms with Crippen molar-refractivity contribution in [1.29, 1.82) is 0 Å². The number of rotatable bonds is 10. The van der Waals surface area contributed by atoms with Gasteiger partial charge in [0.1, 0.15) is 13.2 Å². The molecule has 8 nitrogen and oxygen atoms in total. The predicted molar refractivity (Wildman–Crippen MR) is 146 cm³/mol. The lowest BCUT2D eigenvalue weighted by molar-refractivity contribution is -0.384. The van der Waals surface area contributed by atoms with E-state index < -0.39 is 22.8 Å². The third kappa shape index (κ3) is 7.16. The second-order valence-corrected chi connectivity index (χ2v) is 8.45. The van der Waals surface area contributed by atoms with E-state index in [2.05, 4.69) is 5.32 Å².